The summed E-state index contributed by atoms with van der Waals surface area (Å²) >= 11 is 0. The minimum Gasteiger partial charge on any atom is -0.380 e. The molecule has 0 aliphatic carbocycles. The van der Waals surface area contributed by atoms with Gasteiger partial charge in [-0.25, -0.2) is 0 Å². The van der Waals surface area contributed by atoms with Gasteiger partial charge in [0.2, 0.25) is 0 Å². The van der Waals surface area contributed by atoms with Gasteiger partial charge in [-0.05, 0) is 52.0 Å². The summed E-state index contributed by atoms with van der Waals surface area (Å²) in [6.07, 6.45) is 0. The Morgan fingerprint density at radius 1 is 1.21 bits per heavy atom. The Labute approximate surface area is 115 Å². The van der Waals surface area contributed by atoms with Crippen molar-refractivity contribution in [3.05, 3.63) is 29.8 Å². The maximum absolute atomic E-state index is 11.8. The topological polar surface area (TPSA) is 50.4 Å². The number of hydrogen-bond acceptors (Lipinski definition) is 3. The summed E-state index contributed by atoms with van der Waals surface area (Å²) in [4.78, 5) is 11.8. The molecule has 106 valence electrons. The summed E-state index contributed by atoms with van der Waals surface area (Å²) in [6.45, 7) is 9.34. The van der Waals surface area contributed by atoms with Crippen LogP contribution in [0.3, 0.4) is 0 Å². The Morgan fingerprint density at radius 2 is 1.84 bits per heavy atom. The Kier molecular flexibility index (Phi) is 6.36. The van der Waals surface area contributed by atoms with Crippen molar-refractivity contribution < 1.29 is 9.53 Å². The summed E-state index contributed by atoms with van der Waals surface area (Å²) in [5, 5.41) is 6.19. The predicted octanol–water partition coefficient (Wildman–Crippen LogP) is 2.66. The third-order valence-electron chi connectivity index (χ3n) is 2.55. The average Bonchev–Trinajstić information content (AvgIpc) is 2.36. The summed E-state index contributed by atoms with van der Waals surface area (Å²) in [5.41, 5.74) is 1.67. The fourth-order valence-corrected chi connectivity index (χ4v) is 1.68. The third kappa shape index (κ3) is 5.75. The average molecular weight is 264 g/mol. The zero-order chi connectivity index (χ0) is 14.3. The van der Waals surface area contributed by atoms with E-state index in [1.165, 1.54) is 0 Å². The first-order valence-corrected chi connectivity index (χ1v) is 6.78. The molecule has 0 saturated carbocycles. The van der Waals surface area contributed by atoms with Gasteiger partial charge in [0.15, 0.2) is 0 Å². The molecular formula is C15H24N2O2. The van der Waals surface area contributed by atoms with Crippen molar-refractivity contribution in [1.29, 1.82) is 0 Å². The molecule has 0 radical (unpaired) electrons. The number of amides is 1. The van der Waals surface area contributed by atoms with Crippen LogP contribution >= 0.6 is 0 Å². The van der Waals surface area contributed by atoms with Gasteiger partial charge in [-0.3, -0.25) is 4.79 Å². The molecule has 2 N–H and O–H groups in total. The molecule has 0 aromatic heterocycles. The van der Waals surface area contributed by atoms with E-state index in [0.29, 0.717) is 12.2 Å². The van der Waals surface area contributed by atoms with Crippen molar-refractivity contribution in [3.63, 3.8) is 0 Å². The quantitative estimate of drug-likeness (QED) is 0.796. The molecule has 1 amide bonds. The molecule has 19 heavy (non-hydrogen) atoms. The summed E-state index contributed by atoms with van der Waals surface area (Å²) < 4.78 is 5.35. The van der Waals surface area contributed by atoms with Crippen LogP contribution in [0.15, 0.2) is 24.3 Å². The molecule has 0 fully saturated rings. The summed E-state index contributed by atoms with van der Waals surface area (Å²) in [5.74, 6) is -0.0380. The van der Waals surface area contributed by atoms with Crippen molar-refractivity contribution in [3.8, 4) is 0 Å². The van der Waals surface area contributed by atoms with Gasteiger partial charge in [-0.2, -0.15) is 0 Å². The first-order chi connectivity index (χ1) is 9.02. The lowest BCUT2D eigenvalue weighted by Crippen LogP contribution is -2.30. The molecule has 1 atom stereocenters. The van der Waals surface area contributed by atoms with Crippen molar-refractivity contribution >= 4 is 11.6 Å². The number of rotatable bonds is 7. The molecule has 4 heteroatoms. The van der Waals surface area contributed by atoms with Crippen LogP contribution in [0.2, 0.25) is 0 Å². The van der Waals surface area contributed by atoms with Crippen molar-refractivity contribution in [1.82, 2.24) is 5.32 Å². The fraction of sp³-hybridized carbons (Fsp3) is 0.533. The van der Waals surface area contributed by atoms with E-state index >= 15 is 0 Å². The summed E-state index contributed by atoms with van der Waals surface area (Å²) in [7, 11) is 0. The monoisotopic (exact) mass is 264 g/mol. The van der Waals surface area contributed by atoms with E-state index in [9.17, 15) is 4.79 Å². The van der Waals surface area contributed by atoms with E-state index in [0.717, 1.165) is 12.3 Å². The molecule has 0 heterocycles. The number of carbonyl (C=O) groups is 1. The number of anilines is 1. The highest BCUT2D eigenvalue weighted by Gasteiger charge is 2.07. The predicted molar refractivity (Wildman–Crippen MR) is 78.6 cm³/mol. The molecule has 4 nitrogen and oxygen atoms in total. The number of benzene rings is 1. The Bertz CT molecular complexity index is 388. The standard InChI is InChI=1S/C15H24N2O2/c1-5-19-10-12(4)17-14-8-6-13(7-9-14)15(18)16-11(2)3/h6-9,11-12,17H,5,10H2,1-4H3,(H,16,18). The van der Waals surface area contributed by atoms with E-state index in [4.69, 9.17) is 4.74 Å². The van der Waals surface area contributed by atoms with Gasteiger partial charge in [-0.1, -0.05) is 0 Å². The molecular weight excluding hydrogens is 240 g/mol. The second-order valence-electron chi connectivity index (χ2n) is 4.91. The van der Waals surface area contributed by atoms with Crippen LogP contribution in [0.25, 0.3) is 0 Å². The van der Waals surface area contributed by atoms with Crippen molar-refractivity contribution in [2.75, 3.05) is 18.5 Å². The van der Waals surface area contributed by atoms with Crippen LogP contribution in [0.5, 0.6) is 0 Å². The van der Waals surface area contributed by atoms with Crippen LogP contribution in [0, 0.1) is 0 Å². The van der Waals surface area contributed by atoms with Gasteiger partial charge in [-0.15, -0.1) is 0 Å². The van der Waals surface area contributed by atoms with Crippen LogP contribution in [0.1, 0.15) is 38.1 Å². The summed E-state index contributed by atoms with van der Waals surface area (Å²) in [6, 6.07) is 7.88. The van der Waals surface area contributed by atoms with Gasteiger partial charge < -0.3 is 15.4 Å². The van der Waals surface area contributed by atoms with E-state index < -0.39 is 0 Å². The largest absolute Gasteiger partial charge is 0.380 e. The maximum atomic E-state index is 11.8. The smallest absolute Gasteiger partial charge is 0.251 e. The van der Waals surface area contributed by atoms with Crippen LogP contribution < -0.4 is 10.6 Å². The highest BCUT2D eigenvalue weighted by Crippen LogP contribution is 2.11. The molecule has 0 aliphatic heterocycles. The van der Waals surface area contributed by atoms with Crippen LogP contribution in [0.4, 0.5) is 5.69 Å². The highest BCUT2D eigenvalue weighted by molar-refractivity contribution is 5.94. The van der Waals surface area contributed by atoms with E-state index in [1.807, 2.05) is 45.0 Å². The Morgan fingerprint density at radius 3 is 2.37 bits per heavy atom. The molecule has 1 aromatic carbocycles. The number of nitrogens with one attached hydrogen (secondary N) is 2. The first kappa shape index (κ1) is 15.5. The minimum absolute atomic E-state index is 0.0380. The molecule has 0 bridgehead atoms. The van der Waals surface area contributed by atoms with E-state index in [-0.39, 0.29) is 18.0 Å². The Hall–Kier alpha value is -1.55. The molecule has 0 spiro atoms. The Balaban J connectivity index is 2.54. The number of hydrogen-bond donors (Lipinski definition) is 2. The number of carbonyl (C=O) groups excluding carboxylic acids is 1. The maximum Gasteiger partial charge on any atom is 0.251 e. The van der Waals surface area contributed by atoms with Crippen LogP contribution in [-0.4, -0.2) is 31.2 Å². The van der Waals surface area contributed by atoms with Gasteiger partial charge in [0.05, 0.1) is 6.61 Å². The number of ether oxygens (including phenoxy) is 1. The molecule has 0 saturated heterocycles. The zero-order valence-corrected chi connectivity index (χ0v) is 12.2. The normalized spacial score (nSPS) is 12.3. The van der Waals surface area contributed by atoms with Gasteiger partial charge >= 0.3 is 0 Å². The fourth-order valence-electron chi connectivity index (χ4n) is 1.68. The van der Waals surface area contributed by atoms with E-state index in [2.05, 4.69) is 17.6 Å². The van der Waals surface area contributed by atoms with E-state index in [1.54, 1.807) is 0 Å². The minimum atomic E-state index is -0.0380. The highest BCUT2D eigenvalue weighted by atomic mass is 16.5. The lowest BCUT2D eigenvalue weighted by Gasteiger charge is -2.15. The molecule has 1 rings (SSSR count). The second kappa shape index (κ2) is 7.79. The zero-order valence-electron chi connectivity index (χ0n) is 12.2. The molecule has 0 aliphatic rings. The molecule has 1 unspecified atom stereocenters. The van der Waals surface area contributed by atoms with Crippen LogP contribution in [-0.2, 0) is 4.74 Å². The van der Waals surface area contributed by atoms with Gasteiger partial charge in [0.1, 0.15) is 0 Å². The lowest BCUT2D eigenvalue weighted by molar-refractivity contribution is 0.0943. The SMILES string of the molecule is CCOCC(C)Nc1ccc(C(=O)NC(C)C)cc1. The third-order valence-corrected chi connectivity index (χ3v) is 2.55. The van der Waals surface area contributed by atoms with Gasteiger partial charge in [0, 0.05) is 29.9 Å². The molecule has 1 aromatic rings. The first-order valence-electron chi connectivity index (χ1n) is 6.78. The van der Waals surface area contributed by atoms with Crippen molar-refractivity contribution in [2.45, 2.75) is 39.8 Å². The van der Waals surface area contributed by atoms with Crippen molar-refractivity contribution in [2.24, 2.45) is 0 Å². The lowest BCUT2D eigenvalue weighted by atomic mass is 10.1. The van der Waals surface area contributed by atoms with Gasteiger partial charge in [0.25, 0.3) is 5.91 Å². The second-order valence-corrected chi connectivity index (χ2v) is 4.91.